The van der Waals surface area contributed by atoms with Gasteiger partial charge in [0.1, 0.15) is 0 Å². The SMILES string of the molecule is CC1OCCC1CNCC(=O)N1CCN(C)CC1. The van der Waals surface area contributed by atoms with Gasteiger partial charge in [0, 0.05) is 39.3 Å². The Bertz CT molecular complexity index is 277. The molecule has 2 aliphatic heterocycles. The van der Waals surface area contributed by atoms with E-state index < -0.39 is 0 Å². The lowest BCUT2D eigenvalue weighted by molar-refractivity contribution is -0.131. The van der Waals surface area contributed by atoms with E-state index in [0.29, 0.717) is 18.6 Å². The van der Waals surface area contributed by atoms with Crippen LogP contribution >= 0.6 is 0 Å². The van der Waals surface area contributed by atoms with Crippen LogP contribution in [0.3, 0.4) is 0 Å². The predicted octanol–water partition coefficient (Wildman–Crippen LogP) is -0.225. The number of carbonyl (C=O) groups excluding carboxylic acids is 1. The molecule has 1 N–H and O–H groups in total. The molecular formula is C13H25N3O2. The van der Waals surface area contributed by atoms with Gasteiger partial charge in [-0.3, -0.25) is 4.79 Å². The van der Waals surface area contributed by atoms with E-state index >= 15 is 0 Å². The van der Waals surface area contributed by atoms with Crippen LogP contribution in [0.4, 0.5) is 0 Å². The Kier molecular flexibility index (Phi) is 4.97. The van der Waals surface area contributed by atoms with Crippen LogP contribution in [0.25, 0.3) is 0 Å². The molecule has 2 atom stereocenters. The fourth-order valence-electron chi connectivity index (χ4n) is 2.58. The summed E-state index contributed by atoms with van der Waals surface area (Å²) < 4.78 is 5.51. The maximum atomic E-state index is 12.0. The first-order valence-corrected chi connectivity index (χ1v) is 6.95. The number of amides is 1. The number of hydrogen-bond acceptors (Lipinski definition) is 4. The first-order valence-electron chi connectivity index (χ1n) is 6.95. The maximum Gasteiger partial charge on any atom is 0.236 e. The zero-order chi connectivity index (χ0) is 13.0. The first kappa shape index (κ1) is 13.8. The molecule has 0 bridgehead atoms. The zero-order valence-electron chi connectivity index (χ0n) is 11.5. The van der Waals surface area contributed by atoms with Gasteiger partial charge < -0.3 is 19.9 Å². The van der Waals surface area contributed by atoms with Crippen LogP contribution in [0, 0.1) is 5.92 Å². The Morgan fingerprint density at radius 1 is 1.33 bits per heavy atom. The molecule has 0 spiro atoms. The van der Waals surface area contributed by atoms with E-state index in [-0.39, 0.29) is 5.91 Å². The van der Waals surface area contributed by atoms with E-state index in [1.807, 2.05) is 4.90 Å². The number of ether oxygens (including phenoxy) is 1. The molecule has 0 aliphatic carbocycles. The third-order valence-electron chi connectivity index (χ3n) is 4.07. The molecule has 0 aromatic carbocycles. The second kappa shape index (κ2) is 6.50. The molecule has 104 valence electrons. The molecule has 2 unspecified atom stereocenters. The molecule has 5 nitrogen and oxygen atoms in total. The van der Waals surface area contributed by atoms with Gasteiger partial charge in [-0.05, 0) is 26.3 Å². The number of carbonyl (C=O) groups is 1. The minimum atomic E-state index is 0.231. The number of hydrogen-bond donors (Lipinski definition) is 1. The van der Waals surface area contributed by atoms with Gasteiger partial charge in [-0.25, -0.2) is 0 Å². The van der Waals surface area contributed by atoms with Crippen molar-refractivity contribution in [3.8, 4) is 0 Å². The highest BCUT2D eigenvalue weighted by molar-refractivity contribution is 5.78. The van der Waals surface area contributed by atoms with Crippen LogP contribution in [-0.2, 0) is 9.53 Å². The molecule has 2 rings (SSSR count). The van der Waals surface area contributed by atoms with Gasteiger partial charge in [-0.15, -0.1) is 0 Å². The Hall–Kier alpha value is -0.650. The predicted molar refractivity (Wildman–Crippen MR) is 70.5 cm³/mol. The van der Waals surface area contributed by atoms with Gasteiger partial charge in [0.25, 0.3) is 0 Å². The second-order valence-electron chi connectivity index (χ2n) is 5.44. The number of piperazine rings is 1. The highest BCUT2D eigenvalue weighted by Gasteiger charge is 2.24. The van der Waals surface area contributed by atoms with Crippen molar-refractivity contribution in [2.45, 2.75) is 19.4 Å². The average Bonchev–Trinajstić information content (AvgIpc) is 2.76. The zero-order valence-corrected chi connectivity index (χ0v) is 11.5. The van der Waals surface area contributed by atoms with E-state index in [0.717, 1.165) is 45.8 Å². The summed E-state index contributed by atoms with van der Waals surface area (Å²) in [5, 5.41) is 3.28. The quantitative estimate of drug-likeness (QED) is 0.754. The molecule has 2 heterocycles. The minimum Gasteiger partial charge on any atom is -0.378 e. The van der Waals surface area contributed by atoms with Crippen LogP contribution < -0.4 is 5.32 Å². The van der Waals surface area contributed by atoms with Crippen LogP contribution in [0.5, 0.6) is 0 Å². The third-order valence-corrected chi connectivity index (χ3v) is 4.07. The lowest BCUT2D eigenvalue weighted by atomic mass is 10.0. The van der Waals surface area contributed by atoms with Crippen molar-refractivity contribution >= 4 is 5.91 Å². The summed E-state index contributed by atoms with van der Waals surface area (Å²) in [5.74, 6) is 0.792. The van der Waals surface area contributed by atoms with Gasteiger partial charge in [-0.1, -0.05) is 0 Å². The topological polar surface area (TPSA) is 44.8 Å². The number of nitrogens with one attached hydrogen (secondary N) is 1. The summed E-state index contributed by atoms with van der Waals surface area (Å²) in [5.41, 5.74) is 0. The Morgan fingerprint density at radius 2 is 2.06 bits per heavy atom. The van der Waals surface area contributed by atoms with Crippen molar-refractivity contribution in [3.63, 3.8) is 0 Å². The van der Waals surface area contributed by atoms with Gasteiger partial charge in [0.15, 0.2) is 0 Å². The van der Waals surface area contributed by atoms with Crippen LogP contribution in [-0.4, -0.2) is 74.7 Å². The van der Waals surface area contributed by atoms with Crippen LogP contribution in [0.1, 0.15) is 13.3 Å². The standard InChI is InChI=1S/C13H25N3O2/c1-11-12(3-8-18-11)9-14-10-13(17)16-6-4-15(2)5-7-16/h11-12,14H,3-10H2,1-2H3. The van der Waals surface area contributed by atoms with Gasteiger partial charge >= 0.3 is 0 Å². The highest BCUT2D eigenvalue weighted by Crippen LogP contribution is 2.19. The van der Waals surface area contributed by atoms with Gasteiger partial charge in [0.05, 0.1) is 12.6 Å². The maximum absolute atomic E-state index is 12.0. The van der Waals surface area contributed by atoms with Crippen LogP contribution in [0.2, 0.25) is 0 Å². The smallest absolute Gasteiger partial charge is 0.236 e. The van der Waals surface area contributed by atoms with Crippen molar-refractivity contribution in [2.75, 3.05) is 52.9 Å². The summed E-state index contributed by atoms with van der Waals surface area (Å²) in [6.45, 7) is 8.02. The van der Waals surface area contributed by atoms with E-state index in [2.05, 4.69) is 24.2 Å². The van der Waals surface area contributed by atoms with Crippen LogP contribution in [0.15, 0.2) is 0 Å². The minimum absolute atomic E-state index is 0.231. The Morgan fingerprint density at radius 3 is 2.67 bits per heavy atom. The molecule has 0 saturated carbocycles. The van der Waals surface area contributed by atoms with E-state index in [4.69, 9.17) is 4.74 Å². The molecule has 5 heteroatoms. The fraction of sp³-hybridized carbons (Fsp3) is 0.923. The summed E-state index contributed by atoms with van der Waals surface area (Å²) >= 11 is 0. The molecule has 0 radical (unpaired) electrons. The summed E-state index contributed by atoms with van der Waals surface area (Å²) in [6.07, 6.45) is 1.44. The van der Waals surface area contributed by atoms with E-state index in [1.54, 1.807) is 0 Å². The van der Waals surface area contributed by atoms with Gasteiger partial charge in [-0.2, -0.15) is 0 Å². The molecule has 0 aromatic heterocycles. The molecule has 2 aliphatic rings. The van der Waals surface area contributed by atoms with E-state index in [9.17, 15) is 4.79 Å². The highest BCUT2D eigenvalue weighted by atomic mass is 16.5. The normalized spacial score (nSPS) is 29.8. The summed E-state index contributed by atoms with van der Waals surface area (Å²) in [4.78, 5) is 16.2. The fourth-order valence-corrected chi connectivity index (χ4v) is 2.58. The molecular weight excluding hydrogens is 230 g/mol. The van der Waals surface area contributed by atoms with Crippen molar-refractivity contribution < 1.29 is 9.53 Å². The molecule has 2 saturated heterocycles. The van der Waals surface area contributed by atoms with E-state index in [1.165, 1.54) is 0 Å². The van der Waals surface area contributed by atoms with Crippen molar-refractivity contribution in [1.82, 2.24) is 15.1 Å². The molecule has 2 fully saturated rings. The van der Waals surface area contributed by atoms with Gasteiger partial charge in [0.2, 0.25) is 5.91 Å². The second-order valence-corrected chi connectivity index (χ2v) is 5.44. The number of likely N-dealkylation sites (N-methyl/N-ethyl adjacent to an activating group) is 1. The number of rotatable bonds is 4. The lowest BCUT2D eigenvalue weighted by Gasteiger charge is -2.32. The monoisotopic (exact) mass is 255 g/mol. The van der Waals surface area contributed by atoms with Crippen molar-refractivity contribution in [3.05, 3.63) is 0 Å². The number of nitrogens with zero attached hydrogens (tertiary/aromatic N) is 2. The summed E-state index contributed by atoms with van der Waals surface area (Å²) in [6, 6.07) is 0. The largest absolute Gasteiger partial charge is 0.378 e. The molecule has 1 amide bonds. The average molecular weight is 255 g/mol. The van der Waals surface area contributed by atoms with Crippen molar-refractivity contribution in [1.29, 1.82) is 0 Å². The Balaban J connectivity index is 1.62. The lowest BCUT2D eigenvalue weighted by Crippen LogP contribution is -2.49. The third kappa shape index (κ3) is 3.67. The van der Waals surface area contributed by atoms with Crippen molar-refractivity contribution in [2.24, 2.45) is 5.92 Å². The first-order chi connectivity index (χ1) is 8.66. The molecule has 18 heavy (non-hydrogen) atoms. The Labute approximate surface area is 109 Å². The molecule has 0 aromatic rings. The summed E-state index contributed by atoms with van der Waals surface area (Å²) in [7, 11) is 2.10.